The predicted molar refractivity (Wildman–Crippen MR) is 114 cm³/mol. The summed E-state index contributed by atoms with van der Waals surface area (Å²) in [5, 5.41) is 3.33. The molecule has 0 aliphatic carbocycles. The molecule has 0 bridgehead atoms. The normalized spacial score (nSPS) is 11.4. The second-order valence-corrected chi connectivity index (χ2v) is 6.84. The second-order valence-electron chi connectivity index (χ2n) is 6.84. The van der Waals surface area contributed by atoms with Gasteiger partial charge in [0.25, 0.3) is 0 Å². The van der Waals surface area contributed by atoms with Gasteiger partial charge in [0.05, 0.1) is 0 Å². The van der Waals surface area contributed by atoms with E-state index in [1.807, 2.05) is 91.0 Å². The zero-order valence-corrected chi connectivity index (χ0v) is 16.9. The summed E-state index contributed by atoms with van der Waals surface area (Å²) in [6.07, 6.45) is 0.369. The van der Waals surface area contributed by atoms with Crippen molar-refractivity contribution < 1.29 is 14.3 Å². The minimum atomic E-state index is -0.795. The van der Waals surface area contributed by atoms with Gasteiger partial charge in [-0.25, -0.2) is 0 Å². The second kappa shape index (κ2) is 10.0. The van der Waals surface area contributed by atoms with Gasteiger partial charge in [0.2, 0.25) is 5.91 Å². The molecule has 4 nitrogen and oxygen atoms in total. The molecule has 0 fully saturated rings. The largest absolute Gasteiger partial charge is 0.356 e. The highest BCUT2D eigenvalue weighted by Crippen LogP contribution is 2.36. The lowest BCUT2D eigenvalue weighted by Crippen LogP contribution is -2.48. The summed E-state index contributed by atoms with van der Waals surface area (Å²) in [4.78, 5) is 13.1. The Morgan fingerprint density at radius 3 is 1.48 bits per heavy atom. The molecular formula is C25H27NO3. The van der Waals surface area contributed by atoms with Crippen molar-refractivity contribution in [1.82, 2.24) is 5.32 Å². The number of hydrogen-bond donors (Lipinski definition) is 1. The van der Waals surface area contributed by atoms with Crippen LogP contribution in [-0.2, 0) is 19.8 Å². The van der Waals surface area contributed by atoms with Gasteiger partial charge in [0, 0.05) is 27.1 Å². The van der Waals surface area contributed by atoms with Crippen LogP contribution in [0.5, 0.6) is 0 Å². The minimum Gasteiger partial charge on any atom is -0.356 e. The molecule has 150 valence electrons. The van der Waals surface area contributed by atoms with E-state index >= 15 is 0 Å². The first-order valence-electron chi connectivity index (χ1n) is 9.74. The Morgan fingerprint density at radius 1 is 0.759 bits per heavy atom. The van der Waals surface area contributed by atoms with E-state index in [1.165, 1.54) is 0 Å². The summed E-state index contributed by atoms with van der Waals surface area (Å²) in [6.45, 7) is 0. The molecule has 0 aliphatic rings. The van der Waals surface area contributed by atoms with E-state index in [0.29, 0.717) is 12.8 Å². The van der Waals surface area contributed by atoms with Gasteiger partial charge in [-0.3, -0.25) is 4.79 Å². The number of ether oxygens (including phenoxy) is 2. The molecule has 0 aliphatic heterocycles. The van der Waals surface area contributed by atoms with Gasteiger partial charge in [-0.05, 0) is 16.7 Å². The first-order valence-corrected chi connectivity index (χ1v) is 9.74. The van der Waals surface area contributed by atoms with Crippen LogP contribution in [0.1, 0.15) is 29.5 Å². The Bertz CT molecular complexity index is 781. The monoisotopic (exact) mass is 389 g/mol. The lowest BCUT2D eigenvalue weighted by atomic mass is 9.77. The highest BCUT2D eigenvalue weighted by atomic mass is 16.7. The zero-order valence-electron chi connectivity index (χ0n) is 16.9. The summed E-state index contributed by atoms with van der Waals surface area (Å²) < 4.78 is 10.5. The van der Waals surface area contributed by atoms with Crippen LogP contribution < -0.4 is 5.32 Å². The number of rotatable bonds is 9. The standard InChI is InChI=1S/C25H27NO3/c1-28-24(29-2)19-18-23(27)26-25(20-12-6-3-7-13-20,21-14-8-4-9-15-21)22-16-10-5-11-17-22/h3-17,24H,18-19H2,1-2H3,(H,26,27). The van der Waals surface area contributed by atoms with Gasteiger partial charge in [-0.2, -0.15) is 0 Å². The fourth-order valence-electron chi connectivity index (χ4n) is 3.63. The molecule has 0 radical (unpaired) electrons. The van der Waals surface area contributed by atoms with Crippen LogP contribution in [0.4, 0.5) is 0 Å². The number of methoxy groups -OCH3 is 2. The Balaban J connectivity index is 2.06. The molecule has 0 spiro atoms. The summed E-state index contributed by atoms with van der Waals surface area (Å²) in [5.74, 6) is -0.0688. The van der Waals surface area contributed by atoms with Gasteiger partial charge >= 0.3 is 0 Å². The van der Waals surface area contributed by atoms with E-state index in [0.717, 1.165) is 16.7 Å². The molecule has 1 amide bonds. The number of carbonyl (C=O) groups excluding carboxylic acids is 1. The van der Waals surface area contributed by atoms with Crippen molar-refractivity contribution in [2.24, 2.45) is 0 Å². The van der Waals surface area contributed by atoms with Crippen molar-refractivity contribution in [2.45, 2.75) is 24.7 Å². The average Bonchev–Trinajstić information content (AvgIpc) is 2.80. The van der Waals surface area contributed by atoms with Crippen molar-refractivity contribution in [3.05, 3.63) is 108 Å². The molecule has 3 aromatic carbocycles. The van der Waals surface area contributed by atoms with Gasteiger partial charge < -0.3 is 14.8 Å². The lowest BCUT2D eigenvalue weighted by Gasteiger charge is -2.37. The van der Waals surface area contributed by atoms with Crippen LogP contribution in [-0.4, -0.2) is 26.4 Å². The molecule has 0 heterocycles. The van der Waals surface area contributed by atoms with Gasteiger partial charge in [0.15, 0.2) is 6.29 Å². The van der Waals surface area contributed by atoms with Crippen molar-refractivity contribution >= 4 is 5.91 Å². The van der Waals surface area contributed by atoms with E-state index in [-0.39, 0.29) is 5.91 Å². The first-order chi connectivity index (χ1) is 14.2. The molecular weight excluding hydrogens is 362 g/mol. The van der Waals surface area contributed by atoms with Crippen LogP contribution in [0.2, 0.25) is 0 Å². The maximum absolute atomic E-state index is 13.1. The summed E-state index contributed by atoms with van der Waals surface area (Å²) >= 11 is 0. The predicted octanol–water partition coefficient (Wildman–Crippen LogP) is 4.49. The number of nitrogens with one attached hydrogen (secondary N) is 1. The SMILES string of the molecule is COC(CCC(=O)NC(c1ccccc1)(c1ccccc1)c1ccccc1)OC. The minimum absolute atomic E-state index is 0.0688. The molecule has 3 rings (SSSR count). The Morgan fingerprint density at radius 2 is 1.14 bits per heavy atom. The van der Waals surface area contributed by atoms with Gasteiger partial charge in [-0.1, -0.05) is 91.0 Å². The topological polar surface area (TPSA) is 47.6 Å². The Labute approximate surface area is 172 Å². The molecule has 0 saturated heterocycles. The zero-order chi connectivity index (χ0) is 20.5. The molecule has 0 saturated carbocycles. The van der Waals surface area contributed by atoms with E-state index in [2.05, 4.69) is 5.32 Å². The summed E-state index contributed by atoms with van der Waals surface area (Å²) in [7, 11) is 3.16. The maximum atomic E-state index is 13.1. The van der Waals surface area contributed by atoms with Crippen molar-refractivity contribution in [2.75, 3.05) is 14.2 Å². The number of hydrogen-bond acceptors (Lipinski definition) is 3. The number of amides is 1. The van der Waals surface area contributed by atoms with E-state index in [4.69, 9.17) is 9.47 Å². The highest BCUT2D eigenvalue weighted by molar-refractivity contribution is 5.79. The average molecular weight is 389 g/mol. The number of benzene rings is 3. The summed E-state index contributed by atoms with van der Waals surface area (Å²) in [6, 6.07) is 30.2. The fraction of sp³-hybridized carbons (Fsp3) is 0.240. The molecule has 1 N–H and O–H groups in total. The molecule has 0 aromatic heterocycles. The van der Waals surface area contributed by atoms with E-state index in [9.17, 15) is 4.79 Å². The van der Waals surface area contributed by atoms with Crippen LogP contribution in [0, 0.1) is 0 Å². The quantitative estimate of drug-likeness (QED) is 0.433. The van der Waals surface area contributed by atoms with E-state index in [1.54, 1.807) is 14.2 Å². The lowest BCUT2D eigenvalue weighted by molar-refractivity contribution is -0.129. The van der Waals surface area contributed by atoms with Crippen LogP contribution >= 0.6 is 0 Å². The third-order valence-electron chi connectivity index (χ3n) is 5.08. The molecule has 4 heteroatoms. The van der Waals surface area contributed by atoms with Crippen molar-refractivity contribution in [1.29, 1.82) is 0 Å². The smallest absolute Gasteiger partial charge is 0.221 e. The Kier molecular flexibility index (Phi) is 7.17. The van der Waals surface area contributed by atoms with Crippen molar-refractivity contribution in [3.63, 3.8) is 0 Å². The fourth-order valence-corrected chi connectivity index (χ4v) is 3.63. The molecule has 0 unspecified atom stereocenters. The molecule has 29 heavy (non-hydrogen) atoms. The van der Waals surface area contributed by atoms with Gasteiger partial charge in [-0.15, -0.1) is 0 Å². The van der Waals surface area contributed by atoms with Crippen LogP contribution in [0.25, 0.3) is 0 Å². The van der Waals surface area contributed by atoms with E-state index < -0.39 is 11.8 Å². The third-order valence-corrected chi connectivity index (χ3v) is 5.08. The number of carbonyl (C=O) groups is 1. The third kappa shape index (κ3) is 4.73. The van der Waals surface area contributed by atoms with Gasteiger partial charge in [0.1, 0.15) is 5.54 Å². The first kappa shape index (κ1) is 20.8. The summed E-state index contributed by atoms with van der Waals surface area (Å²) in [5.41, 5.74) is 2.21. The van der Waals surface area contributed by atoms with Crippen LogP contribution in [0.3, 0.4) is 0 Å². The Hall–Kier alpha value is -2.95. The maximum Gasteiger partial charge on any atom is 0.221 e. The van der Waals surface area contributed by atoms with Crippen molar-refractivity contribution in [3.8, 4) is 0 Å². The molecule has 3 aromatic rings. The van der Waals surface area contributed by atoms with Crippen LogP contribution in [0.15, 0.2) is 91.0 Å². The molecule has 0 atom stereocenters. The highest BCUT2D eigenvalue weighted by Gasteiger charge is 2.37.